The molecule has 124 valence electrons. The number of amides is 1. The third-order valence-corrected chi connectivity index (χ3v) is 5.61. The standard InChI is InChI=1S/C18H35NO2/c1-7-14(4)16(18(6)10-12-21-13-11-18)17(20)19(9-3)15(5)8-2/h14-16H,7-13H2,1-6H3. The maximum absolute atomic E-state index is 13.3. The van der Waals surface area contributed by atoms with E-state index in [0.717, 1.165) is 45.4 Å². The van der Waals surface area contributed by atoms with E-state index >= 15 is 0 Å². The SMILES string of the molecule is CCC(C)C(C(=O)N(CC)C(C)CC)C1(C)CCOCC1. The highest BCUT2D eigenvalue weighted by atomic mass is 16.5. The molecule has 1 aliphatic heterocycles. The molecule has 0 N–H and O–H groups in total. The van der Waals surface area contributed by atoms with Crippen molar-refractivity contribution >= 4 is 5.91 Å². The lowest BCUT2D eigenvalue weighted by atomic mass is 9.65. The van der Waals surface area contributed by atoms with Crippen molar-refractivity contribution in [2.24, 2.45) is 17.3 Å². The Hall–Kier alpha value is -0.570. The summed E-state index contributed by atoms with van der Waals surface area (Å²) < 4.78 is 5.54. The molecule has 0 radical (unpaired) electrons. The van der Waals surface area contributed by atoms with Crippen LogP contribution in [-0.4, -0.2) is 36.6 Å². The van der Waals surface area contributed by atoms with Gasteiger partial charge in [-0.15, -0.1) is 0 Å². The minimum atomic E-state index is 0.0889. The van der Waals surface area contributed by atoms with Crippen molar-refractivity contribution in [1.29, 1.82) is 0 Å². The van der Waals surface area contributed by atoms with Gasteiger partial charge in [0.2, 0.25) is 5.91 Å². The molecule has 1 amide bonds. The van der Waals surface area contributed by atoms with E-state index < -0.39 is 0 Å². The highest BCUT2D eigenvalue weighted by molar-refractivity contribution is 5.80. The fourth-order valence-corrected chi connectivity index (χ4v) is 3.70. The molecule has 1 aliphatic rings. The Morgan fingerprint density at radius 2 is 1.71 bits per heavy atom. The summed E-state index contributed by atoms with van der Waals surface area (Å²) in [4.78, 5) is 15.4. The first-order valence-electron chi connectivity index (χ1n) is 8.79. The lowest BCUT2D eigenvalue weighted by molar-refractivity contribution is -0.148. The third-order valence-electron chi connectivity index (χ3n) is 5.61. The van der Waals surface area contributed by atoms with Crippen molar-refractivity contribution in [3.63, 3.8) is 0 Å². The van der Waals surface area contributed by atoms with Crippen LogP contribution >= 0.6 is 0 Å². The van der Waals surface area contributed by atoms with E-state index in [4.69, 9.17) is 4.74 Å². The van der Waals surface area contributed by atoms with Crippen LogP contribution in [0.3, 0.4) is 0 Å². The van der Waals surface area contributed by atoms with Crippen molar-refractivity contribution in [2.45, 2.75) is 73.3 Å². The van der Waals surface area contributed by atoms with Gasteiger partial charge in [-0.3, -0.25) is 4.79 Å². The number of carbonyl (C=O) groups is 1. The van der Waals surface area contributed by atoms with Gasteiger partial charge in [0.05, 0.1) is 0 Å². The predicted molar refractivity (Wildman–Crippen MR) is 88.2 cm³/mol. The highest BCUT2D eigenvalue weighted by Gasteiger charge is 2.44. The zero-order valence-electron chi connectivity index (χ0n) is 14.9. The summed E-state index contributed by atoms with van der Waals surface area (Å²) in [6, 6.07) is 0.331. The maximum atomic E-state index is 13.3. The fraction of sp³-hybridized carbons (Fsp3) is 0.944. The summed E-state index contributed by atoms with van der Waals surface area (Å²) in [6.45, 7) is 15.6. The van der Waals surface area contributed by atoms with Crippen LogP contribution in [-0.2, 0) is 9.53 Å². The maximum Gasteiger partial charge on any atom is 0.226 e. The second-order valence-electron chi connectivity index (χ2n) is 7.01. The molecule has 1 saturated heterocycles. The van der Waals surface area contributed by atoms with Crippen molar-refractivity contribution in [3.05, 3.63) is 0 Å². The molecule has 21 heavy (non-hydrogen) atoms. The average molecular weight is 297 g/mol. The molecule has 3 unspecified atom stereocenters. The van der Waals surface area contributed by atoms with E-state index in [2.05, 4.69) is 46.4 Å². The number of rotatable bonds is 7. The lowest BCUT2D eigenvalue weighted by Gasteiger charge is -2.45. The first-order valence-corrected chi connectivity index (χ1v) is 8.79. The number of hydrogen-bond donors (Lipinski definition) is 0. The van der Waals surface area contributed by atoms with E-state index in [-0.39, 0.29) is 11.3 Å². The van der Waals surface area contributed by atoms with Crippen LogP contribution in [0.4, 0.5) is 0 Å². The molecule has 0 saturated carbocycles. The quantitative estimate of drug-likeness (QED) is 0.707. The van der Waals surface area contributed by atoms with Gasteiger partial charge in [-0.1, -0.05) is 34.1 Å². The van der Waals surface area contributed by atoms with Crippen LogP contribution in [0, 0.1) is 17.3 Å². The van der Waals surface area contributed by atoms with Gasteiger partial charge in [0.1, 0.15) is 0 Å². The Labute approximate surface area is 131 Å². The zero-order chi connectivity index (χ0) is 16.0. The second kappa shape index (κ2) is 8.17. The molecule has 3 heteroatoms. The van der Waals surface area contributed by atoms with Crippen molar-refractivity contribution in [1.82, 2.24) is 4.90 Å². The van der Waals surface area contributed by atoms with Crippen LogP contribution in [0.15, 0.2) is 0 Å². The first kappa shape index (κ1) is 18.5. The van der Waals surface area contributed by atoms with Gasteiger partial charge in [-0.05, 0) is 44.4 Å². The largest absolute Gasteiger partial charge is 0.381 e. The molecule has 0 bridgehead atoms. The van der Waals surface area contributed by atoms with Gasteiger partial charge >= 0.3 is 0 Å². The van der Waals surface area contributed by atoms with Crippen LogP contribution < -0.4 is 0 Å². The van der Waals surface area contributed by atoms with Gasteiger partial charge in [0.25, 0.3) is 0 Å². The Bertz CT molecular complexity index is 323. The molecule has 0 aromatic carbocycles. The Balaban J connectivity index is 3.03. The summed E-state index contributed by atoms with van der Waals surface area (Å²) >= 11 is 0. The molecule has 3 atom stereocenters. The molecule has 1 rings (SSSR count). The number of carbonyl (C=O) groups excluding carboxylic acids is 1. The second-order valence-corrected chi connectivity index (χ2v) is 7.01. The van der Waals surface area contributed by atoms with E-state index in [1.54, 1.807) is 0 Å². The lowest BCUT2D eigenvalue weighted by Crippen LogP contribution is -2.50. The van der Waals surface area contributed by atoms with Crippen molar-refractivity contribution in [2.75, 3.05) is 19.8 Å². The summed E-state index contributed by atoms with van der Waals surface area (Å²) in [6.07, 6.45) is 4.09. The van der Waals surface area contributed by atoms with E-state index in [0.29, 0.717) is 17.9 Å². The molecule has 0 aromatic rings. The highest BCUT2D eigenvalue weighted by Crippen LogP contribution is 2.43. The minimum absolute atomic E-state index is 0.0889. The molecule has 0 aliphatic carbocycles. The summed E-state index contributed by atoms with van der Waals surface area (Å²) in [5.74, 6) is 0.921. The Kier molecular flexibility index (Phi) is 7.19. The number of nitrogens with zero attached hydrogens (tertiary/aromatic N) is 1. The van der Waals surface area contributed by atoms with Gasteiger partial charge in [0, 0.05) is 31.7 Å². The fourth-order valence-electron chi connectivity index (χ4n) is 3.70. The minimum Gasteiger partial charge on any atom is -0.381 e. The van der Waals surface area contributed by atoms with Crippen molar-refractivity contribution in [3.8, 4) is 0 Å². The Morgan fingerprint density at radius 3 is 2.14 bits per heavy atom. The first-order chi connectivity index (χ1) is 9.91. The average Bonchev–Trinajstić information content (AvgIpc) is 2.48. The van der Waals surface area contributed by atoms with Gasteiger partial charge in [0.15, 0.2) is 0 Å². The molecular weight excluding hydrogens is 262 g/mol. The number of hydrogen-bond acceptors (Lipinski definition) is 2. The van der Waals surface area contributed by atoms with Crippen LogP contribution in [0.2, 0.25) is 0 Å². The van der Waals surface area contributed by atoms with E-state index in [9.17, 15) is 4.79 Å². The van der Waals surface area contributed by atoms with Crippen LogP contribution in [0.1, 0.15) is 67.2 Å². The normalized spacial score (nSPS) is 22.4. The molecule has 3 nitrogen and oxygen atoms in total. The predicted octanol–water partition coefficient (Wildman–Crippen LogP) is 4.11. The zero-order valence-corrected chi connectivity index (χ0v) is 14.9. The smallest absolute Gasteiger partial charge is 0.226 e. The van der Waals surface area contributed by atoms with E-state index in [1.165, 1.54) is 0 Å². The van der Waals surface area contributed by atoms with Gasteiger partial charge in [-0.25, -0.2) is 0 Å². The topological polar surface area (TPSA) is 29.5 Å². The summed E-state index contributed by atoms with van der Waals surface area (Å²) in [5.41, 5.74) is 0.0889. The third kappa shape index (κ3) is 4.21. The molecule has 1 fully saturated rings. The van der Waals surface area contributed by atoms with E-state index in [1.807, 2.05) is 0 Å². The number of ether oxygens (including phenoxy) is 1. The Morgan fingerprint density at radius 1 is 1.14 bits per heavy atom. The van der Waals surface area contributed by atoms with Gasteiger partial charge < -0.3 is 9.64 Å². The van der Waals surface area contributed by atoms with Crippen LogP contribution in [0.25, 0.3) is 0 Å². The van der Waals surface area contributed by atoms with Crippen LogP contribution in [0.5, 0.6) is 0 Å². The van der Waals surface area contributed by atoms with Crippen molar-refractivity contribution < 1.29 is 9.53 Å². The molecule has 1 heterocycles. The summed E-state index contributed by atoms with van der Waals surface area (Å²) in [5, 5.41) is 0. The molecule has 0 spiro atoms. The molecular formula is C18H35NO2. The van der Waals surface area contributed by atoms with Gasteiger partial charge in [-0.2, -0.15) is 0 Å². The monoisotopic (exact) mass is 297 g/mol. The molecule has 0 aromatic heterocycles. The summed E-state index contributed by atoms with van der Waals surface area (Å²) in [7, 11) is 0.